The molecule has 1 N–H and O–H groups in total. The maximum atomic E-state index is 13.8. The zero-order valence-electron chi connectivity index (χ0n) is 12.3. The van der Waals surface area contributed by atoms with E-state index in [2.05, 4.69) is 12.2 Å². The average Bonchev–Trinajstić information content (AvgIpc) is 2.49. The van der Waals surface area contributed by atoms with E-state index in [1.165, 1.54) is 6.07 Å². The Labute approximate surface area is 131 Å². The van der Waals surface area contributed by atoms with Crippen LogP contribution in [-0.2, 0) is 12.8 Å². The van der Waals surface area contributed by atoms with E-state index < -0.39 is 0 Å². The highest BCUT2D eigenvalue weighted by Gasteiger charge is 2.14. The fourth-order valence-corrected chi connectivity index (χ4v) is 2.73. The van der Waals surface area contributed by atoms with Crippen molar-refractivity contribution in [3.63, 3.8) is 0 Å². The van der Waals surface area contributed by atoms with Crippen LogP contribution in [0.25, 0.3) is 0 Å². The number of nitrogens with one attached hydrogen (secondary N) is 1. The number of hydrogen-bond acceptors (Lipinski definition) is 1. The minimum Gasteiger partial charge on any atom is -0.317 e. The molecule has 0 bridgehead atoms. The molecule has 0 aliphatic heterocycles. The lowest BCUT2D eigenvalue weighted by Gasteiger charge is -2.18. The first kappa shape index (κ1) is 16.0. The third-order valence-electron chi connectivity index (χ3n) is 3.62. The lowest BCUT2D eigenvalue weighted by Crippen LogP contribution is -2.26. The third kappa shape index (κ3) is 4.83. The summed E-state index contributed by atoms with van der Waals surface area (Å²) < 4.78 is 13.8. The van der Waals surface area contributed by atoms with E-state index in [0.717, 1.165) is 35.7 Å². The first-order chi connectivity index (χ1) is 10.2. The first-order valence-corrected chi connectivity index (χ1v) is 7.76. The lowest BCUT2D eigenvalue weighted by molar-refractivity contribution is 0.467. The SMILES string of the molecule is CCNCC(Cc1ccccc1F)Cc1ccccc1Cl. The fraction of sp³-hybridized carbons (Fsp3) is 0.333. The molecule has 2 aromatic rings. The van der Waals surface area contributed by atoms with Crippen LogP contribution in [0.1, 0.15) is 18.1 Å². The molecule has 0 aromatic heterocycles. The van der Waals surface area contributed by atoms with Gasteiger partial charge in [0.1, 0.15) is 5.82 Å². The van der Waals surface area contributed by atoms with Gasteiger partial charge in [-0.3, -0.25) is 0 Å². The second-order valence-electron chi connectivity index (χ2n) is 5.26. The van der Waals surface area contributed by atoms with E-state index >= 15 is 0 Å². The van der Waals surface area contributed by atoms with Crippen molar-refractivity contribution in [2.45, 2.75) is 19.8 Å². The quantitative estimate of drug-likeness (QED) is 0.794. The van der Waals surface area contributed by atoms with Crippen molar-refractivity contribution in [1.29, 1.82) is 0 Å². The predicted octanol–water partition coefficient (Wildman–Crippen LogP) is 4.49. The van der Waals surface area contributed by atoms with Crippen LogP contribution in [0.3, 0.4) is 0 Å². The van der Waals surface area contributed by atoms with Crippen LogP contribution < -0.4 is 5.32 Å². The molecule has 0 saturated carbocycles. The molecule has 1 unspecified atom stereocenters. The lowest BCUT2D eigenvalue weighted by atomic mass is 9.92. The second kappa shape index (κ2) is 8.16. The molecule has 1 atom stereocenters. The molecule has 0 heterocycles. The van der Waals surface area contributed by atoms with Crippen LogP contribution in [0.2, 0.25) is 5.02 Å². The summed E-state index contributed by atoms with van der Waals surface area (Å²) in [5, 5.41) is 4.15. The Bertz CT molecular complexity index is 523. The number of halogens is 2. The van der Waals surface area contributed by atoms with Gasteiger partial charge in [0.15, 0.2) is 0 Å². The summed E-state index contributed by atoms with van der Waals surface area (Å²) in [6, 6.07) is 14.9. The molecule has 21 heavy (non-hydrogen) atoms. The Morgan fingerprint density at radius 2 is 1.62 bits per heavy atom. The smallest absolute Gasteiger partial charge is 0.126 e. The highest BCUT2D eigenvalue weighted by molar-refractivity contribution is 6.31. The molecule has 0 amide bonds. The molecule has 0 aliphatic rings. The Morgan fingerprint density at radius 3 is 2.29 bits per heavy atom. The summed E-state index contributed by atoms with van der Waals surface area (Å²) in [6.07, 6.45) is 1.56. The minimum atomic E-state index is -0.127. The van der Waals surface area contributed by atoms with Crippen molar-refractivity contribution < 1.29 is 4.39 Å². The summed E-state index contributed by atoms with van der Waals surface area (Å²) in [5.41, 5.74) is 1.89. The van der Waals surface area contributed by atoms with Crippen LogP contribution in [-0.4, -0.2) is 13.1 Å². The van der Waals surface area contributed by atoms with E-state index in [9.17, 15) is 4.39 Å². The van der Waals surface area contributed by atoms with Gasteiger partial charge >= 0.3 is 0 Å². The Kier molecular flexibility index (Phi) is 6.21. The standard InChI is InChI=1S/C18H21ClFN/c1-2-21-13-14(11-15-7-3-5-9-17(15)19)12-16-8-4-6-10-18(16)20/h3-10,14,21H,2,11-13H2,1H3. The van der Waals surface area contributed by atoms with E-state index in [0.29, 0.717) is 12.3 Å². The van der Waals surface area contributed by atoms with Gasteiger partial charge in [-0.25, -0.2) is 4.39 Å². The average molecular weight is 306 g/mol. The molecule has 0 fully saturated rings. The monoisotopic (exact) mass is 305 g/mol. The van der Waals surface area contributed by atoms with Crippen LogP contribution >= 0.6 is 11.6 Å². The molecular formula is C18H21ClFN. The molecule has 0 radical (unpaired) electrons. The molecular weight excluding hydrogens is 285 g/mol. The van der Waals surface area contributed by atoms with Crippen LogP contribution in [0.5, 0.6) is 0 Å². The van der Waals surface area contributed by atoms with Gasteiger partial charge in [0.2, 0.25) is 0 Å². The van der Waals surface area contributed by atoms with Gasteiger partial charge < -0.3 is 5.32 Å². The maximum absolute atomic E-state index is 13.8. The summed E-state index contributed by atoms with van der Waals surface area (Å²) in [5.74, 6) is 0.194. The zero-order chi connectivity index (χ0) is 15.1. The third-order valence-corrected chi connectivity index (χ3v) is 3.98. The van der Waals surface area contributed by atoms with Crippen molar-refractivity contribution in [3.05, 3.63) is 70.5 Å². The van der Waals surface area contributed by atoms with Gasteiger partial charge in [-0.2, -0.15) is 0 Å². The molecule has 0 aliphatic carbocycles. The summed E-state index contributed by atoms with van der Waals surface area (Å²) >= 11 is 6.24. The van der Waals surface area contributed by atoms with Gasteiger partial charge in [0.25, 0.3) is 0 Å². The predicted molar refractivity (Wildman–Crippen MR) is 87.3 cm³/mol. The summed E-state index contributed by atoms with van der Waals surface area (Å²) in [6.45, 7) is 3.85. The van der Waals surface area contributed by atoms with Gasteiger partial charge in [0, 0.05) is 5.02 Å². The van der Waals surface area contributed by atoms with E-state index in [1.807, 2.05) is 36.4 Å². The molecule has 2 rings (SSSR count). The molecule has 0 saturated heterocycles. The largest absolute Gasteiger partial charge is 0.317 e. The van der Waals surface area contributed by atoms with Gasteiger partial charge in [-0.1, -0.05) is 54.9 Å². The molecule has 0 spiro atoms. The van der Waals surface area contributed by atoms with E-state index in [4.69, 9.17) is 11.6 Å². The van der Waals surface area contributed by atoms with E-state index in [-0.39, 0.29) is 5.82 Å². The van der Waals surface area contributed by atoms with Crippen molar-refractivity contribution >= 4 is 11.6 Å². The topological polar surface area (TPSA) is 12.0 Å². The first-order valence-electron chi connectivity index (χ1n) is 7.38. The minimum absolute atomic E-state index is 0.127. The number of benzene rings is 2. The summed E-state index contributed by atoms with van der Waals surface area (Å²) in [4.78, 5) is 0. The molecule has 1 nitrogen and oxygen atoms in total. The van der Waals surface area contributed by atoms with Crippen LogP contribution in [0.4, 0.5) is 4.39 Å². The molecule has 3 heteroatoms. The van der Waals surface area contributed by atoms with Crippen molar-refractivity contribution in [2.24, 2.45) is 5.92 Å². The van der Waals surface area contributed by atoms with Gasteiger partial charge in [-0.15, -0.1) is 0 Å². The van der Waals surface area contributed by atoms with Crippen LogP contribution in [0.15, 0.2) is 48.5 Å². The molecule has 2 aromatic carbocycles. The van der Waals surface area contributed by atoms with E-state index in [1.54, 1.807) is 6.07 Å². The fourth-order valence-electron chi connectivity index (χ4n) is 2.51. The zero-order valence-corrected chi connectivity index (χ0v) is 13.0. The normalized spacial score (nSPS) is 12.3. The second-order valence-corrected chi connectivity index (χ2v) is 5.67. The summed E-state index contributed by atoms with van der Waals surface area (Å²) in [7, 11) is 0. The van der Waals surface area contributed by atoms with Crippen LogP contribution in [0, 0.1) is 11.7 Å². The Balaban J connectivity index is 2.11. The van der Waals surface area contributed by atoms with Gasteiger partial charge in [-0.05, 0) is 55.1 Å². The highest BCUT2D eigenvalue weighted by Crippen LogP contribution is 2.21. The molecule has 112 valence electrons. The van der Waals surface area contributed by atoms with Crippen molar-refractivity contribution in [2.75, 3.05) is 13.1 Å². The number of hydrogen-bond donors (Lipinski definition) is 1. The van der Waals surface area contributed by atoms with Crippen molar-refractivity contribution in [3.8, 4) is 0 Å². The Hall–Kier alpha value is -1.38. The highest BCUT2D eigenvalue weighted by atomic mass is 35.5. The van der Waals surface area contributed by atoms with Gasteiger partial charge in [0.05, 0.1) is 0 Å². The Morgan fingerprint density at radius 1 is 1.00 bits per heavy atom. The van der Waals surface area contributed by atoms with Crippen molar-refractivity contribution in [1.82, 2.24) is 5.32 Å². The number of rotatable bonds is 7. The maximum Gasteiger partial charge on any atom is 0.126 e.